The predicted molar refractivity (Wildman–Crippen MR) is 79.2 cm³/mol. The van der Waals surface area contributed by atoms with E-state index in [2.05, 4.69) is 12.2 Å². The number of fused-ring (bicyclic) bond motifs is 1. The number of hydrogen-bond donors (Lipinski definition) is 2. The Hall–Kier alpha value is -1.36. The first-order valence-corrected chi connectivity index (χ1v) is 7.91. The molecule has 0 aliphatic heterocycles. The minimum Gasteiger partial charge on any atom is -0.480 e. The van der Waals surface area contributed by atoms with Crippen molar-refractivity contribution in [3.05, 3.63) is 21.4 Å². The fourth-order valence-electron chi connectivity index (χ4n) is 2.60. The SMILES string of the molecule is CC1CCc2c(C(=O)N[C@@H](C(=O)O)C(C)C)csc2C1. The Morgan fingerprint density at radius 3 is 2.75 bits per heavy atom. The molecule has 20 heavy (non-hydrogen) atoms. The van der Waals surface area contributed by atoms with Crippen molar-refractivity contribution in [2.45, 2.75) is 46.1 Å². The minimum absolute atomic E-state index is 0.133. The van der Waals surface area contributed by atoms with E-state index in [4.69, 9.17) is 5.11 Å². The summed E-state index contributed by atoms with van der Waals surface area (Å²) in [5, 5.41) is 13.7. The third-order valence-electron chi connectivity index (χ3n) is 3.87. The number of hydrogen-bond acceptors (Lipinski definition) is 3. The molecule has 1 aliphatic rings. The van der Waals surface area contributed by atoms with E-state index in [0.29, 0.717) is 11.5 Å². The van der Waals surface area contributed by atoms with Gasteiger partial charge < -0.3 is 10.4 Å². The molecule has 0 aromatic carbocycles. The zero-order chi connectivity index (χ0) is 14.9. The summed E-state index contributed by atoms with van der Waals surface area (Å²) >= 11 is 1.62. The summed E-state index contributed by atoms with van der Waals surface area (Å²) < 4.78 is 0. The Morgan fingerprint density at radius 1 is 1.45 bits per heavy atom. The number of aliphatic carboxylic acids is 1. The molecule has 0 radical (unpaired) electrons. The summed E-state index contributed by atoms with van der Waals surface area (Å²) in [6, 6.07) is -0.833. The van der Waals surface area contributed by atoms with Gasteiger partial charge in [0.15, 0.2) is 0 Å². The second kappa shape index (κ2) is 5.95. The van der Waals surface area contributed by atoms with E-state index in [-0.39, 0.29) is 11.8 Å². The van der Waals surface area contributed by atoms with E-state index in [9.17, 15) is 9.59 Å². The van der Waals surface area contributed by atoms with Crippen LogP contribution in [0.3, 0.4) is 0 Å². The largest absolute Gasteiger partial charge is 0.480 e. The molecular formula is C15H21NO3S. The molecule has 1 aromatic rings. The van der Waals surface area contributed by atoms with Crippen molar-refractivity contribution < 1.29 is 14.7 Å². The van der Waals surface area contributed by atoms with Gasteiger partial charge in [-0.15, -0.1) is 11.3 Å². The van der Waals surface area contributed by atoms with Crippen LogP contribution in [0.2, 0.25) is 0 Å². The van der Waals surface area contributed by atoms with Crippen LogP contribution >= 0.6 is 11.3 Å². The molecule has 2 rings (SSSR count). The first-order valence-electron chi connectivity index (χ1n) is 7.03. The van der Waals surface area contributed by atoms with Crippen LogP contribution in [0.25, 0.3) is 0 Å². The highest BCUT2D eigenvalue weighted by atomic mass is 32.1. The van der Waals surface area contributed by atoms with E-state index < -0.39 is 12.0 Å². The molecule has 0 saturated carbocycles. The van der Waals surface area contributed by atoms with Crippen LogP contribution in [0.15, 0.2) is 5.38 Å². The van der Waals surface area contributed by atoms with Crippen LogP contribution in [-0.2, 0) is 17.6 Å². The summed E-state index contributed by atoms with van der Waals surface area (Å²) in [5.41, 5.74) is 1.79. The van der Waals surface area contributed by atoms with E-state index >= 15 is 0 Å². The van der Waals surface area contributed by atoms with Crippen molar-refractivity contribution in [3.63, 3.8) is 0 Å². The number of rotatable bonds is 4. The molecule has 2 atom stereocenters. The number of carboxylic acid groups (broad SMARTS) is 1. The fourth-order valence-corrected chi connectivity index (χ4v) is 3.84. The topological polar surface area (TPSA) is 66.4 Å². The Labute approximate surface area is 123 Å². The molecule has 1 aliphatic carbocycles. The highest BCUT2D eigenvalue weighted by Gasteiger charge is 2.27. The molecule has 110 valence electrons. The van der Waals surface area contributed by atoms with E-state index in [1.807, 2.05) is 5.38 Å². The first kappa shape index (κ1) is 15.0. The number of carbonyl (C=O) groups excluding carboxylic acids is 1. The van der Waals surface area contributed by atoms with Crippen LogP contribution in [0.4, 0.5) is 0 Å². The Kier molecular flexibility index (Phi) is 4.48. The lowest BCUT2D eigenvalue weighted by Crippen LogP contribution is -2.44. The van der Waals surface area contributed by atoms with Crippen LogP contribution in [0.5, 0.6) is 0 Å². The molecule has 4 nitrogen and oxygen atoms in total. The lowest BCUT2D eigenvalue weighted by molar-refractivity contribution is -0.140. The molecule has 0 bridgehead atoms. The molecule has 1 unspecified atom stereocenters. The second-order valence-electron chi connectivity index (χ2n) is 5.93. The third-order valence-corrected chi connectivity index (χ3v) is 4.92. The van der Waals surface area contributed by atoms with Crippen LogP contribution in [0, 0.1) is 11.8 Å². The summed E-state index contributed by atoms with van der Waals surface area (Å²) in [5.74, 6) is -0.699. The lowest BCUT2D eigenvalue weighted by Gasteiger charge is -2.20. The quantitative estimate of drug-likeness (QED) is 0.897. The molecule has 2 N–H and O–H groups in total. The van der Waals surface area contributed by atoms with Crippen molar-refractivity contribution >= 4 is 23.2 Å². The molecule has 5 heteroatoms. The Morgan fingerprint density at radius 2 is 2.15 bits per heavy atom. The summed E-state index contributed by atoms with van der Waals surface area (Å²) in [4.78, 5) is 24.8. The minimum atomic E-state index is -0.980. The number of carbonyl (C=O) groups is 2. The summed E-state index contributed by atoms with van der Waals surface area (Å²) in [6.45, 7) is 5.81. The zero-order valence-electron chi connectivity index (χ0n) is 12.1. The molecular weight excluding hydrogens is 274 g/mol. The van der Waals surface area contributed by atoms with E-state index in [1.165, 1.54) is 4.88 Å². The lowest BCUT2D eigenvalue weighted by atomic mass is 9.88. The van der Waals surface area contributed by atoms with Gasteiger partial charge in [-0.05, 0) is 36.7 Å². The summed E-state index contributed by atoms with van der Waals surface area (Å²) in [6.07, 6.45) is 3.04. The number of thiophene rings is 1. The fraction of sp³-hybridized carbons (Fsp3) is 0.600. The highest BCUT2D eigenvalue weighted by molar-refractivity contribution is 7.10. The Balaban J connectivity index is 2.16. The van der Waals surface area contributed by atoms with Gasteiger partial charge in [0, 0.05) is 10.3 Å². The van der Waals surface area contributed by atoms with Crippen LogP contribution in [0.1, 0.15) is 48.0 Å². The van der Waals surface area contributed by atoms with Crippen molar-refractivity contribution in [1.29, 1.82) is 0 Å². The molecule has 0 fully saturated rings. The first-order chi connectivity index (χ1) is 9.40. The van der Waals surface area contributed by atoms with Gasteiger partial charge in [-0.2, -0.15) is 0 Å². The second-order valence-corrected chi connectivity index (χ2v) is 6.90. The van der Waals surface area contributed by atoms with Gasteiger partial charge in [0.1, 0.15) is 6.04 Å². The van der Waals surface area contributed by atoms with Crippen molar-refractivity contribution in [1.82, 2.24) is 5.32 Å². The van der Waals surface area contributed by atoms with Gasteiger partial charge in [0.05, 0.1) is 5.56 Å². The number of nitrogens with one attached hydrogen (secondary N) is 1. The van der Waals surface area contributed by atoms with Gasteiger partial charge >= 0.3 is 5.97 Å². The maximum atomic E-state index is 12.3. The standard InChI is InChI=1S/C15H21NO3S/c1-8(2)13(15(18)19)16-14(17)11-7-20-12-6-9(3)4-5-10(11)12/h7-9,13H,4-6H2,1-3H3,(H,16,17)(H,18,19)/t9?,13-/m1/s1. The molecule has 1 aromatic heterocycles. The predicted octanol–water partition coefficient (Wildman–Crippen LogP) is 2.71. The average Bonchev–Trinajstić information content (AvgIpc) is 2.77. The van der Waals surface area contributed by atoms with Crippen LogP contribution in [-0.4, -0.2) is 23.0 Å². The Bertz CT molecular complexity index is 521. The average molecular weight is 295 g/mol. The van der Waals surface area contributed by atoms with Crippen molar-refractivity contribution in [3.8, 4) is 0 Å². The number of amides is 1. The smallest absolute Gasteiger partial charge is 0.326 e. The van der Waals surface area contributed by atoms with Crippen molar-refractivity contribution in [2.75, 3.05) is 0 Å². The maximum Gasteiger partial charge on any atom is 0.326 e. The molecule has 1 heterocycles. The van der Waals surface area contributed by atoms with Gasteiger partial charge in [-0.1, -0.05) is 20.8 Å². The van der Waals surface area contributed by atoms with E-state index in [1.54, 1.807) is 25.2 Å². The summed E-state index contributed by atoms with van der Waals surface area (Å²) in [7, 11) is 0. The van der Waals surface area contributed by atoms with E-state index in [0.717, 1.165) is 24.8 Å². The van der Waals surface area contributed by atoms with Crippen molar-refractivity contribution in [2.24, 2.45) is 11.8 Å². The maximum absolute atomic E-state index is 12.3. The molecule has 1 amide bonds. The molecule has 0 saturated heterocycles. The zero-order valence-corrected chi connectivity index (χ0v) is 12.9. The number of carboxylic acids is 1. The van der Waals surface area contributed by atoms with Gasteiger partial charge in [-0.3, -0.25) is 4.79 Å². The molecule has 0 spiro atoms. The normalized spacial score (nSPS) is 19.5. The van der Waals surface area contributed by atoms with Crippen LogP contribution < -0.4 is 5.32 Å². The van der Waals surface area contributed by atoms with Gasteiger partial charge in [-0.25, -0.2) is 4.79 Å². The monoisotopic (exact) mass is 295 g/mol. The van der Waals surface area contributed by atoms with Gasteiger partial charge in [0.25, 0.3) is 5.91 Å². The third kappa shape index (κ3) is 3.03. The highest BCUT2D eigenvalue weighted by Crippen LogP contribution is 2.32. The van der Waals surface area contributed by atoms with Gasteiger partial charge in [0.2, 0.25) is 0 Å².